The fourth-order valence-corrected chi connectivity index (χ4v) is 0.530. The van der Waals surface area contributed by atoms with Crippen molar-refractivity contribution in [2.24, 2.45) is 0 Å². The van der Waals surface area contributed by atoms with Crippen molar-refractivity contribution in [2.45, 2.75) is 32.4 Å². The van der Waals surface area contributed by atoms with Crippen LogP contribution in [0.3, 0.4) is 0 Å². The van der Waals surface area contributed by atoms with Crippen molar-refractivity contribution >= 4 is 38.7 Å². The Morgan fingerprint density at radius 1 is 1.20 bits per heavy atom. The first-order chi connectivity index (χ1) is 4.54. The number of hydrogen-bond donors (Lipinski definition) is 0. The van der Waals surface area contributed by atoms with Gasteiger partial charge in [0.05, 0.1) is 0 Å². The predicted octanol–water partition coefficient (Wildman–Crippen LogP) is 4.03. The predicted molar refractivity (Wildman–Crippen MR) is 60.2 cm³/mol. The molecule has 0 aliphatic heterocycles. The Morgan fingerprint density at radius 3 is 1.40 bits per heavy atom. The third-order valence-corrected chi connectivity index (χ3v) is 0.707. The zero-order valence-corrected chi connectivity index (χ0v) is 12.5. The maximum atomic E-state index is 6.99. The molecule has 0 spiro atoms. The van der Waals surface area contributed by atoms with E-state index in [1.54, 1.807) is 0 Å². The van der Waals surface area contributed by atoms with Crippen molar-refractivity contribution in [3.8, 4) is 0 Å². The molecule has 0 aromatic carbocycles. The van der Waals surface area contributed by atoms with E-state index in [1.807, 2.05) is 13.8 Å². The molecule has 2 N–H and O–H groups in total. The van der Waals surface area contributed by atoms with Crippen LogP contribution in [0.2, 0.25) is 0 Å². The van der Waals surface area contributed by atoms with Crippen LogP contribution >= 0.6 is 38.7 Å². The van der Waals surface area contributed by atoms with E-state index in [9.17, 15) is 0 Å². The quantitative estimate of drug-likeness (QED) is 0.468. The van der Waals surface area contributed by atoms with Gasteiger partial charge in [-0.15, -0.1) is 12.1 Å². The summed E-state index contributed by atoms with van der Waals surface area (Å²) >= 11 is 5.30. The standard InChI is InChI=1S/C5H12N2.2HI.Pt/c1-4(6)3-5(2)7;;;/h4-7H,3H2,1-2H3;2*1H;/q-2;;;+4/p-2. The first-order valence-corrected chi connectivity index (χ1v) is 15.7. The van der Waals surface area contributed by atoms with Crippen LogP contribution in [0, 0.1) is 0 Å². The fourth-order valence-electron chi connectivity index (χ4n) is 0.530. The van der Waals surface area contributed by atoms with Crippen molar-refractivity contribution in [1.29, 1.82) is 0 Å². The maximum absolute atomic E-state index is 6.99. The van der Waals surface area contributed by atoms with Crippen molar-refractivity contribution in [2.75, 3.05) is 0 Å². The monoisotopic (exact) mass is 549 g/mol. The molecule has 0 aliphatic rings. The Bertz CT molecular complexity index is 55.6. The van der Waals surface area contributed by atoms with Gasteiger partial charge in [0.25, 0.3) is 0 Å². The molecule has 2 unspecified atom stereocenters. The van der Waals surface area contributed by atoms with Crippen LogP contribution in [-0.2, 0) is 11.2 Å². The van der Waals surface area contributed by atoms with E-state index in [-0.39, 0.29) is 12.1 Å². The van der Waals surface area contributed by atoms with Gasteiger partial charge in [0.2, 0.25) is 0 Å². The SMILES string of the molecule is CC([NH-])CC(C)[NH-].[I][Pt+2][I]. The molecule has 0 aliphatic carbocycles. The molecule has 0 aromatic heterocycles. The van der Waals surface area contributed by atoms with Gasteiger partial charge in [0.15, 0.2) is 0 Å². The van der Waals surface area contributed by atoms with Gasteiger partial charge in [-0.25, -0.2) is 0 Å². The topological polar surface area (TPSA) is 47.6 Å². The Labute approximate surface area is 92.4 Å². The molecule has 10 heavy (non-hydrogen) atoms. The first kappa shape index (κ1) is 14.6. The molecule has 0 bridgehead atoms. The molecule has 0 saturated carbocycles. The van der Waals surface area contributed by atoms with Crippen LogP contribution in [0.5, 0.6) is 0 Å². The van der Waals surface area contributed by atoms with Gasteiger partial charge in [-0.3, -0.25) is 0 Å². The molecule has 2 atom stereocenters. The van der Waals surface area contributed by atoms with E-state index < -0.39 is 0 Å². The molecule has 2 nitrogen and oxygen atoms in total. The van der Waals surface area contributed by atoms with E-state index in [0.717, 1.165) is 0 Å². The summed E-state index contributed by atoms with van der Waals surface area (Å²) in [6.45, 7) is 3.62. The van der Waals surface area contributed by atoms with Gasteiger partial charge in [0, 0.05) is 0 Å². The zero-order valence-electron chi connectivity index (χ0n) is 5.93. The van der Waals surface area contributed by atoms with Gasteiger partial charge >= 0.3 is 49.9 Å². The molecule has 5 heteroatoms. The van der Waals surface area contributed by atoms with Crippen LogP contribution in [0.15, 0.2) is 0 Å². The number of nitrogens with one attached hydrogen (secondary N) is 2. The number of halogens is 2. The second-order valence-electron chi connectivity index (χ2n) is 2.08. The van der Waals surface area contributed by atoms with Crippen molar-refractivity contribution in [3.63, 3.8) is 0 Å². The molecular formula is C5H12I2N2Pt. The van der Waals surface area contributed by atoms with Gasteiger partial charge in [-0.05, 0) is 0 Å². The Hall–Kier alpha value is 2.07. The Morgan fingerprint density at radius 2 is 1.40 bits per heavy atom. The summed E-state index contributed by atoms with van der Waals surface area (Å²) in [4.78, 5) is 0. The van der Waals surface area contributed by atoms with Gasteiger partial charge in [-0.2, -0.15) is 0 Å². The van der Waals surface area contributed by atoms with Crippen LogP contribution in [0.4, 0.5) is 0 Å². The molecule has 0 heterocycles. The summed E-state index contributed by atoms with van der Waals surface area (Å²) in [7, 11) is 0. The third kappa shape index (κ3) is 22.5. The minimum absolute atomic E-state index is 0.0625. The van der Waals surface area contributed by atoms with Crippen LogP contribution < -0.4 is 0 Å². The van der Waals surface area contributed by atoms with Crippen molar-refractivity contribution < 1.29 is 11.2 Å². The van der Waals surface area contributed by atoms with E-state index in [0.29, 0.717) is 17.6 Å². The zero-order chi connectivity index (χ0) is 8.57. The summed E-state index contributed by atoms with van der Waals surface area (Å²) in [5, 5.41) is 0. The molecular weight excluding hydrogens is 537 g/mol. The van der Waals surface area contributed by atoms with Crippen LogP contribution in [-0.4, -0.2) is 12.1 Å². The second kappa shape index (κ2) is 11.1. The molecule has 0 amide bonds. The third-order valence-electron chi connectivity index (χ3n) is 0.707. The fraction of sp³-hybridized carbons (Fsp3) is 1.00. The second-order valence-corrected chi connectivity index (χ2v) is 18.7. The van der Waals surface area contributed by atoms with E-state index in [4.69, 9.17) is 11.5 Å². The van der Waals surface area contributed by atoms with Crippen LogP contribution in [0.1, 0.15) is 20.3 Å². The van der Waals surface area contributed by atoms with Crippen molar-refractivity contribution in [3.05, 3.63) is 11.5 Å². The molecule has 0 fully saturated rings. The molecule has 0 rings (SSSR count). The van der Waals surface area contributed by atoms with Gasteiger partial charge < -0.3 is 11.5 Å². The molecule has 0 saturated heterocycles. The summed E-state index contributed by atoms with van der Waals surface area (Å²) in [6, 6.07) is -0.125. The Kier molecular flexibility index (Phi) is 16.1. The van der Waals surface area contributed by atoms with E-state index >= 15 is 0 Å². The average Bonchev–Trinajstić information content (AvgIpc) is 1.62. The molecule has 66 valence electrons. The Balaban J connectivity index is 0. The molecule has 0 aromatic rings. The van der Waals surface area contributed by atoms with E-state index in [2.05, 4.69) is 38.7 Å². The number of rotatable bonds is 2. The number of hydrogen-bond acceptors (Lipinski definition) is 0. The summed E-state index contributed by atoms with van der Waals surface area (Å²) in [5.74, 6) is 0. The minimum atomic E-state index is -0.0625. The van der Waals surface area contributed by atoms with Crippen molar-refractivity contribution in [1.82, 2.24) is 0 Å². The molecule has 0 radical (unpaired) electrons. The normalized spacial score (nSPS) is 15.4. The van der Waals surface area contributed by atoms with Gasteiger partial charge in [0.1, 0.15) is 0 Å². The first-order valence-electron chi connectivity index (χ1n) is 2.79. The van der Waals surface area contributed by atoms with E-state index in [1.165, 1.54) is 0 Å². The summed E-state index contributed by atoms with van der Waals surface area (Å²) < 4.78 is 0. The average molecular weight is 549 g/mol. The summed E-state index contributed by atoms with van der Waals surface area (Å²) in [6.07, 6.45) is 0.694. The van der Waals surface area contributed by atoms with Gasteiger partial charge in [-0.1, -0.05) is 20.3 Å². The summed E-state index contributed by atoms with van der Waals surface area (Å²) in [5.41, 5.74) is 14.0. The van der Waals surface area contributed by atoms with Crippen LogP contribution in [0.25, 0.3) is 11.5 Å².